The highest BCUT2D eigenvalue weighted by molar-refractivity contribution is 6.03. The molecule has 0 unspecified atom stereocenters. The Labute approximate surface area is 177 Å². The molecule has 1 amide bonds. The molecule has 4 nitrogen and oxygen atoms in total. The first-order valence-electron chi connectivity index (χ1n) is 10.3. The summed E-state index contributed by atoms with van der Waals surface area (Å²) in [6.07, 6.45) is 3.81. The van der Waals surface area contributed by atoms with E-state index < -0.39 is 0 Å². The minimum absolute atomic E-state index is 0.0632. The minimum atomic E-state index is -0.307. The van der Waals surface area contributed by atoms with Crippen LogP contribution < -0.4 is 9.96 Å². The van der Waals surface area contributed by atoms with Gasteiger partial charge in [-0.25, -0.2) is 5.06 Å². The SMILES string of the molecule is Cc1ccc(N2C(=O)[C@@H]([C@H]3C=CCN(c4ccccc4)O3)[C@@H]2c2ccccc2)cc1. The topological polar surface area (TPSA) is 32.8 Å². The zero-order valence-electron chi connectivity index (χ0n) is 16.9. The maximum atomic E-state index is 13.4. The Morgan fingerprint density at radius 3 is 2.20 bits per heavy atom. The van der Waals surface area contributed by atoms with Crippen LogP contribution >= 0.6 is 0 Å². The number of anilines is 2. The van der Waals surface area contributed by atoms with Gasteiger partial charge in [-0.05, 0) is 36.8 Å². The smallest absolute Gasteiger partial charge is 0.236 e. The van der Waals surface area contributed by atoms with Crippen LogP contribution in [0, 0.1) is 12.8 Å². The van der Waals surface area contributed by atoms with Crippen LogP contribution in [0.2, 0.25) is 0 Å². The monoisotopic (exact) mass is 396 g/mol. The normalized spacial score (nSPS) is 23.4. The second-order valence-electron chi connectivity index (χ2n) is 7.82. The summed E-state index contributed by atoms with van der Waals surface area (Å²) in [5, 5.41) is 1.87. The zero-order valence-corrected chi connectivity index (χ0v) is 16.9. The number of carbonyl (C=O) groups excluding carboxylic acids is 1. The van der Waals surface area contributed by atoms with E-state index in [-0.39, 0.29) is 24.0 Å². The number of para-hydroxylation sites is 1. The first-order valence-corrected chi connectivity index (χ1v) is 10.3. The van der Waals surface area contributed by atoms with Crippen molar-refractivity contribution in [1.29, 1.82) is 0 Å². The first-order chi connectivity index (χ1) is 14.7. The second-order valence-corrected chi connectivity index (χ2v) is 7.82. The number of hydrogen-bond donors (Lipinski definition) is 0. The van der Waals surface area contributed by atoms with Crippen molar-refractivity contribution in [3.63, 3.8) is 0 Å². The summed E-state index contributed by atoms with van der Waals surface area (Å²) in [5.41, 5.74) is 4.22. The molecule has 0 saturated carbocycles. The van der Waals surface area contributed by atoms with Crippen molar-refractivity contribution in [2.75, 3.05) is 16.5 Å². The number of hydroxylamine groups is 1. The molecule has 2 aliphatic rings. The molecule has 5 rings (SSSR count). The fourth-order valence-electron chi connectivity index (χ4n) is 4.29. The van der Waals surface area contributed by atoms with Gasteiger partial charge in [-0.15, -0.1) is 0 Å². The average Bonchev–Trinajstić information content (AvgIpc) is 2.80. The van der Waals surface area contributed by atoms with Crippen molar-refractivity contribution in [2.24, 2.45) is 5.92 Å². The molecule has 2 heterocycles. The number of carbonyl (C=O) groups is 1. The van der Waals surface area contributed by atoms with Gasteiger partial charge in [0.15, 0.2) is 0 Å². The third-order valence-corrected chi connectivity index (χ3v) is 5.84. The number of β-lactam (4-membered cyclic amide) rings is 1. The number of rotatable bonds is 4. The van der Waals surface area contributed by atoms with Crippen molar-refractivity contribution >= 4 is 17.3 Å². The van der Waals surface area contributed by atoms with Crippen molar-refractivity contribution in [3.8, 4) is 0 Å². The minimum Gasteiger partial charge on any atom is -0.304 e. The molecule has 30 heavy (non-hydrogen) atoms. The van der Waals surface area contributed by atoms with Gasteiger partial charge in [0, 0.05) is 5.69 Å². The van der Waals surface area contributed by atoms with Crippen LogP contribution in [0.3, 0.4) is 0 Å². The summed E-state index contributed by atoms with van der Waals surface area (Å²) < 4.78 is 0. The Morgan fingerprint density at radius 2 is 1.50 bits per heavy atom. The van der Waals surface area contributed by atoms with Crippen LogP contribution in [0.25, 0.3) is 0 Å². The predicted octanol–water partition coefficient (Wildman–Crippen LogP) is 5.08. The number of aryl methyl sites for hydroxylation is 1. The maximum Gasteiger partial charge on any atom is 0.236 e. The molecule has 3 aromatic rings. The number of benzene rings is 3. The van der Waals surface area contributed by atoms with Gasteiger partial charge in [0.1, 0.15) is 6.10 Å². The second kappa shape index (κ2) is 7.81. The molecule has 150 valence electrons. The summed E-state index contributed by atoms with van der Waals surface area (Å²) in [7, 11) is 0. The fourth-order valence-corrected chi connectivity index (χ4v) is 4.29. The van der Waals surface area contributed by atoms with E-state index in [1.807, 2.05) is 88.8 Å². The van der Waals surface area contributed by atoms with Crippen LogP contribution in [-0.2, 0) is 9.63 Å². The molecular formula is C26H24N2O2. The largest absolute Gasteiger partial charge is 0.304 e. The molecule has 3 aromatic carbocycles. The lowest BCUT2D eigenvalue weighted by molar-refractivity contribution is -0.137. The van der Waals surface area contributed by atoms with Crippen LogP contribution in [0.5, 0.6) is 0 Å². The molecule has 2 aliphatic heterocycles. The third kappa shape index (κ3) is 3.29. The highest BCUT2D eigenvalue weighted by Crippen LogP contribution is 2.46. The average molecular weight is 396 g/mol. The Morgan fingerprint density at radius 1 is 0.833 bits per heavy atom. The number of nitrogens with zero attached hydrogens (tertiary/aromatic N) is 2. The van der Waals surface area contributed by atoms with Gasteiger partial charge < -0.3 is 4.90 Å². The molecule has 4 heteroatoms. The Kier molecular flexibility index (Phi) is 4.85. The van der Waals surface area contributed by atoms with Gasteiger partial charge >= 0.3 is 0 Å². The lowest BCUT2D eigenvalue weighted by Crippen LogP contribution is -2.60. The van der Waals surface area contributed by atoms with Crippen LogP contribution in [0.15, 0.2) is 97.1 Å². The van der Waals surface area contributed by atoms with Gasteiger partial charge in [-0.1, -0.05) is 78.4 Å². The summed E-state index contributed by atoms with van der Waals surface area (Å²) in [6.45, 7) is 2.72. The van der Waals surface area contributed by atoms with E-state index in [4.69, 9.17) is 4.84 Å². The Bertz CT molecular complexity index is 1050. The molecule has 0 spiro atoms. The summed E-state index contributed by atoms with van der Waals surface area (Å²) in [5.74, 6) is -0.172. The lowest BCUT2D eigenvalue weighted by Gasteiger charge is -2.50. The van der Waals surface area contributed by atoms with Gasteiger partial charge in [-0.2, -0.15) is 0 Å². The van der Waals surface area contributed by atoms with Gasteiger partial charge in [0.2, 0.25) is 5.91 Å². The molecular weight excluding hydrogens is 372 g/mol. The molecule has 0 radical (unpaired) electrons. The summed E-state index contributed by atoms with van der Waals surface area (Å²) in [6, 6.07) is 28.3. The Balaban J connectivity index is 1.46. The van der Waals surface area contributed by atoms with E-state index in [2.05, 4.69) is 25.1 Å². The maximum absolute atomic E-state index is 13.4. The zero-order chi connectivity index (χ0) is 20.5. The standard InChI is InChI=1S/C26H24N2O2/c1-19-14-16-22(17-15-19)28-25(20-9-4-2-5-10-20)24(26(28)29)23-13-8-18-27(30-23)21-11-6-3-7-12-21/h2-17,23-25H,18H2,1H3/t23-,24+,25+/m1/s1. The Hall–Kier alpha value is -3.37. The molecule has 0 N–H and O–H groups in total. The van der Waals surface area contributed by atoms with Crippen LogP contribution in [0.4, 0.5) is 11.4 Å². The van der Waals surface area contributed by atoms with E-state index >= 15 is 0 Å². The number of amides is 1. The van der Waals surface area contributed by atoms with E-state index in [1.165, 1.54) is 5.56 Å². The first kappa shape index (κ1) is 18.6. The van der Waals surface area contributed by atoms with E-state index in [9.17, 15) is 4.79 Å². The highest BCUT2D eigenvalue weighted by atomic mass is 16.7. The van der Waals surface area contributed by atoms with E-state index in [1.54, 1.807) is 0 Å². The van der Waals surface area contributed by atoms with E-state index in [0.717, 1.165) is 16.9 Å². The van der Waals surface area contributed by atoms with Crippen LogP contribution in [0.1, 0.15) is 17.2 Å². The third-order valence-electron chi connectivity index (χ3n) is 5.84. The highest BCUT2D eigenvalue weighted by Gasteiger charge is 2.53. The van der Waals surface area contributed by atoms with Crippen molar-refractivity contribution in [2.45, 2.75) is 19.1 Å². The summed E-state index contributed by atoms with van der Waals surface area (Å²) in [4.78, 5) is 21.6. The fraction of sp³-hybridized carbons (Fsp3) is 0.192. The van der Waals surface area contributed by atoms with Crippen LogP contribution in [-0.4, -0.2) is 18.6 Å². The van der Waals surface area contributed by atoms with Crippen molar-refractivity contribution in [1.82, 2.24) is 0 Å². The van der Waals surface area contributed by atoms with Crippen molar-refractivity contribution < 1.29 is 9.63 Å². The van der Waals surface area contributed by atoms with Gasteiger partial charge in [-0.3, -0.25) is 9.63 Å². The molecule has 0 aliphatic carbocycles. The number of hydrogen-bond acceptors (Lipinski definition) is 3. The van der Waals surface area contributed by atoms with E-state index in [0.29, 0.717) is 6.54 Å². The quantitative estimate of drug-likeness (QED) is 0.456. The molecule has 1 fully saturated rings. The van der Waals surface area contributed by atoms with Gasteiger partial charge in [0.05, 0.1) is 24.2 Å². The molecule has 0 aromatic heterocycles. The van der Waals surface area contributed by atoms with Crippen molar-refractivity contribution in [3.05, 3.63) is 108 Å². The lowest BCUT2D eigenvalue weighted by atomic mass is 9.78. The predicted molar refractivity (Wildman–Crippen MR) is 119 cm³/mol. The summed E-state index contributed by atoms with van der Waals surface area (Å²) >= 11 is 0. The molecule has 0 bridgehead atoms. The van der Waals surface area contributed by atoms with Gasteiger partial charge in [0.25, 0.3) is 0 Å². The molecule has 1 saturated heterocycles. The molecule has 3 atom stereocenters.